The minimum absolute atomic E-state index is 0.0928. The molecule has 0 aliphatic carbocycles. The molecule has 3 aromatic carbocycles. The zero-order chi connectivity index (χ0) is 23.0. The van der Waals surface area contributed by atoms with Gasteiger partial charge in [-0.2, -0.15) is 4.99 Å². The average Bonchev–Trinajstić information content (AvgIpc) is 3.13. The topological polar surface area (TPSA) is 71.7 Å². The third-order valence-electron chi connectivity index (χ3n) is 5.18. The monoisotopic (exact) mass is 485 g/mol. The van der Waals surface area contributed by atoms with Crippen LogP contribution in [0.25, 0.3) is 10.2 Å². The summed E-state index contributed by atoms with van der Waals surface area (Å²) in [4.78, 5) is 17.6. The minimum atomic E-state index is -3.75. The van der Waals surface area contributed by atoms with Gasteiger partial charge in [0, 0.05) is 19.7 Å². The smallest absolute Gasteiger partial charge is 0.279 e. The predicted molar refractivity (Wildman–Crippen MR) is 129 cm³/mol. The van der Waals surface area contributed by atoms with Gasteiger partial charge in [0.1, 0.15) is 0 Å². The Hall–Kier alpha value is -2.94. The first kappa shape index (κ1) is 22.3. The summed E-state index contributed by atoms with van der Waals surface area (Å²) in [5, 5.41) is 0.609. The van der Waals surface area contributed by atoms with Crippen LogP contribution >= 0.6 is 22.9 Å². The molecule has 0 aliphatic rings. The van der Waals surface area contributed by atoms with E-state index in [0.717, 1.165) is 15.8 Å². The summed E-state index contributed by atoms with van der Waals surface area (Å²) in [5.74, 6) is -0.457. The maximum absolute atomic E-state index is 12.9. The summed E-state index contributed by atoms with van der Waals surface area (Å²) < 4.78 is 29.7. The van der Waals surface area contributed by atoms with Crippen molar-refractivity contribution in [2.45, 2.75) is 11.8 Å². The number of rotatable bonds is 4. The first-order chi connectivity index (χ1) is 15.2. The Morgan fingerprint density at radius 1 is 1.03 bits per heavy atom. The highest BCUT2D eigenvalue weighted by Crippen LogP contribution is 2.28. The second kappa shape index (κ2) is 8.54. The minimum Gasteiger partial charge on any atom is -0.319 e. The molecule has 0 radical (unpaired) electrons. The first-order valence-corrected chi connectivity index (χ1v) is 12.3. The van der Waals surface area contributed by atoms with E-state index in [1.54, 1.807) is 24.3 Å². The number of sulfonamides is 1. The number of aromatic nitrogens is 1. The molecule has 6 nitrogen and oxygen atoms in total. The molecular formula is C23H20ClN3O3S2. The molecule has 4 aromatic rings. The van der Waals surface area contributed by atoms with Crippen LogP contribution in [0.4, 0.5) is 5.69 Å². The van der Waals surface area contributed by atoms with Crippen LogP contribution in [0, 0.1) is 6.92 Å². The fourth-order valence-corrected chi connectivity index (χ4v) is 5.93. The second-order valence-corrected chi connectivity index (χ2v) is 10.6. The van der Waals surface area contributed by atoms with Crippen LogP contribution in [0.3, 0.4) is 0 Å². The van der Waals surface area contributed by atoms with Gasteiger partial charge < -0.3 is 4.57 Å². The van der Waals surface area contributed by atoms with Crippen LogP contribution in [-0.4, -0.2) is 25.9 Å². The van der Waals surface area contributed by atoms with E-state index in [1.165, 1.54) is 47.0 Å². The lowest BCUT2D eigenvalue weighted by Gasteiger charge is -2.19. The van der Waals surface area contributed by atoms with Crippen molar-refractivity contribution in [1.29, 1.82) is 0 Å². The number of thiazole rings is 1. The Labute approximate surface area is 195 Å². The van der Waals surface area contributed by atoms with Crippen molar-refractivity contribution in [2.24, 2.45) is 12.0 Å². The molecule has 1 amide bonds. The predicted octanol–water partition coefficient (Wildman–Crippen LogP) is 4.77. The van der Waals surface area contributed by atoms with E-state index in [4.69, 9.17) is 11.6 Å². The highest BCUT2D eigenvalue weighted by atomic mass is 35.5. The van der Waals surface area contributed by atoms with Crippen molar-refractivity contribution in [3.8, 4) is 0 Å². The van der Waals surface area contributed by atoms with Gasteiger partial charge >= 0.3 is 0 Å². The molecule has 4 rings (SSSR count). The molecule has 1 aromatic heterocycles. The third kappa shape index (κ3) is 3.97. The highest BCUT2D eigenvalue weighted by Gasteiger charge is 2.21. The summed E-state index contributed by atoms with van der Waals surface area (Å²) >= 11 is 7.64. The number of carbonyl (C=O) groups is 1. The Bertz CT molecular complexity index is 1490. The van der Waals surface area contributed by atoms with Crippen molar-refractivity contribution < 1.29 is 13.2 Å². The zero-order valence-electron chi connectivity index (χ0n) is 17.6. The molecule has 0 aliphatic heterocycles. The highest BCUT2D eigenvalue weighted by molar-refractivity contribution is 7.92. The lowest BCUT2D eigenvalue weighted by atomic mass is 10.2. The Morgan fingerprint density at radius 2 is 1.69 bits per heavy atom. The van der Waals surface area contributed by atoms with E-state index < -0.39 is 15.9 Å². The molecule has 1 heterocycles. The summed E-state index contributed by atoms with van der Waals surface area (Å²) in [7, 11) is -0.422. The van der Waals surface area contributed by atoms with E-state index >= 15 is 0 Å². The summed E-state index contributed by atoms with van der Waals surface area (Å²) in [6.45, 7) is 1.97. The van der Waals surface area contributed by atoms with Crippen molar-refractivity contribution in [1.82, 2.24) is 4.57 Å². The Morgan fingerprint density at radius 3 is 2.31 bits per heavy atom. The normalized spacial score (nSPS) is 12.3. The van der Waals surface area contributed by atoms with E-state index in [0.29, 0.717) is 21.1 Å². The number of nitrogens with zero attached hydrogens (tertiary/aromatic N) is 3. The maximum Gasteiger partial charge on any atom is 0.279 e. The van der Waals surface area contributed by atoms with Crippen LogP contribution in [0.15, 0.2) is 76.6 Å². The van der Waals surface area contributed by atoms with E-state index in [-0.39, 0.29) is 4.90 Å². The summed E-state index contributed by atoms with van der Waals surface area (Å²) in [5.41, 5.74) is 2.81. The number of aryl methyl sites for hydroxylation is 2. The number of carbonyl (C=O) groups excluding carboxylic acids is 1. The van der Waals surface area contributed by atoms with Gasteiger partial charge in [-0.05, 0) is 55.0 Å². The van der Waals surface area contributed by atoms with Crippen molar-refractivity contribution >= 4 is 54.8 Å². The van der Waals surface area contributed by atoms with Gasteiger partial charge in [0.25, 0.3) is 15.9 Å². The largest absolute Gasteiger partial charge is 0.319 e. The molecule has 0 saturated carbocycles. The van der Waals surface area contributed by atoms with E-state index in [1.807, 2.05) is 36.7 Å². The van der Waals surface area contributed by atoms with Crippen molar-refractivity contribution in [2.75, 3.05) is 11.4 Å². The summed E-state index contributed by atoms with van der Waals surface area (Å²) in [6, 6.07) is 18.3. The molecule has 9 heteroatoms. The van der Waals surface area contributed by atoms with Crippen molar-refractivity contribution in [3.05, 3.63) is 87.7 Å². The van der Waals surface area contributed by atoms with Crippen LogP contribution < -0.4 is 9.11 Å². The SMILES string of the molecule is Cc1ccc(Cl)c2sc(=NC(=O)c3ccc(S(=O)(=O)N(C)c4ccccc4)cc3)n(C)c12. The number of hydrogen-bond acceptors (Lipinski definition) is 4. The second-order valence-electron chi connectivity index (χ2n) is 7.24. The number of halogens is 1. The number of amides is 1. The van der Waals surface area contributed by atoms with Gasteiger partial charge in [0.15, 0.2) is 4.80 Å². The molecule has 32 heavy (non-hydrogen) atoms. The van der Waals surface area contributed by atoms with E-state index in [2.05, 4.69) is 4.99 Å². The number of fused-ring (bicyclic) bond motifs is 1. The van der Waals surface area contributed by atoms with Crippen molar-refractivity contribution in [3.63, 3.8) is 0 Å². The van der Waals surface area contributed by atoms with Crippen LogP contribution in [-0.2, 0) is 17.1 Å². The van der Waals surface area contributed by atoms with Crippen LogP contribution in [0.5, 0.6) is 0 Å². The molecule has 164 valence electrons. The lowest BCUT2D eigenvalue weighted by molar-refractivity contribution is 0.0998. The summed E-state index contributed by atoms with van der Waals surface area (Å²) in [6.07, 6.45) is 0. The van der Waals surface area contributed by atoms with Gasteiger partial charge in [-0.3, -0.25) is 9.10 Å². The van der Waals surface area contributed by atoms with Gasteiger partial charge in [-0.15, -0.1) is 0 Å². The zero-order valence-corrected chi connectivity index (χ0v) is 20.0. The van der Waals surface area contributed by atoms with Gasteiger partial charge in [0.2, 0.25) is 0 Å². The number of benzene rings is 3. The molecule has 0 N–H and O–H groups in total. The number of para-hydroxylation sites is 1. The van der Waals surface area contributed by atoms with Gasteiger partial charge in [-0.25, -0.2) is 8.42 Å². The fourth-order valence-electron chi connectivity index (χ4n) is 3.37. The fraction of sp³-hybridized carbons (Fsp3) is 0.130. The van der Waals surface area contributed by atoms with E-state index in [9.17, 15) is 13.2 Å². The maximum atomic E-state index is 12.9. The Balaban J connectivity index is 1.66. The molecule has 0 spiro atoms. The molecule has 0 saturated heterocycles. The standard InChI is InChI=1S/C23H20ClN3O3S2/c1-15-9-14-19(24)21-20(15)26(2)23(31-21)25-22(28)16-10-12-18(13-11-16)32(29,30)27(3)17-7-5-4-6-8-17/h4-14H,1-3H3. The lowest BCUT2D eigenvalue weighted by Crippen LogP contribution is -2.26. The molecule has 0 fully saturated rings. The molecule has 0 bridgehead atoms. The average molecular weight is 486 g/mol. The quantitative estimate of drug-likeness (QED) is 0.418. The molecule has 0 unspecified atom stereocenters. The number of anilines is 1. The third-order valence-corrected chi connectivity index (χ3v) is 8.57. The first-order valence-electron chi connectivity index (χ1n) is 9.68. The van der Waals surface area contributed by atoms with Gasteiger partial charge in [0.05, 0.1) is 25.8 Å². The van der Waals surface area contributed by atoms with Crippen LogP contribution in [0.2, 0.25) is 5.02 Å². The molecular weight excluding hydrogens is 466 g/mol. The van der Waals surface area contributed by atoms with Crippen LogP contribution in [0.1, 0.15) is 15.9 Å². The Kier molecular flexibility index (Phi) is 5.94. The molecule has 0 atom stereocenters. The van der Waals surface area contributed by atoms with Gasteiger partial charge in [-0.1, -0.05) is 47.2 Å². The number of hydrogen-bond donors (Lipinski definition) is 0.